The van der Waals surface area contributed by atoms with Crippen LogP contribution >= 0.6 is 0 Å². The van der Waals surface area contributed by atoms with Crippen molar-refractivity contribution in [2.45, 2.75) is 6.92 Å². The van der Waals surface area contributed by atoms with E-state index in [0.29, 0.717) is 17.7 Å². The van der Waals surface area contributed by atoms with Gasteiger partial charge in [0.05, 0.1) is 24.1 Å². The Balaban J connectivity index is 1.59. The van der Waals surface area contributed by atoms with Gasteiger partial charge in [-0.15, -0.1) is 0 Å². The molecule has 4 aromatic rings. The van der Waals surface area contributed by atoms with Crippen LogP contribution in [0.4, 0.5) is 5.95 Å². The Morgan fingerprint density at radius 1 is 1.06 bits per heavy atom. The molecule has 0 aliphatic heterocycles. The number of anilines is 1. The molecule has 0 amide bonds. The Kier molecular flexibility index (Phi) is 7.09. The fourth-order valence-corrected chi connectivity index (χ4v) is 3.47. The van der Waals surface area contributed by atoms with Gasteiger partial charge >= 0.3 is 5.97 Å². The Labute approximate surface area is 201 Å². The van der Waals surface area contributed by atoms with Crippen LogP contribution in [0, 0.1) is 11.3 Å². The van der Waals surface area contributed by atoms with Gasteiger partial charge in [-0.05, 0) is 30.2 Å². The number of nitrogens with zero attached hydrogens (tertiary/aromatic N) is 3. The molecule has 35 heavy (non-hydrogen) atoms. The second-order valence-corrected chi connectivity index (χ2v) is 7.37. The SMILES string of the molecule is CCOC(=O)c1ccc(-c2ccccc2C=NNc2nc(-c3ccccc3)c(C#N)c(=O)[nH]2)cc1. The van der Waals surface area contributed by atoms with E-state index in [0.717, 1.165) is 16.7 Å². The first kappa shape index (κ1) is 23.1. The van der Waals surface area contributed by atoms with Gasteiger partial charge in [0.1, 0.15) is 11.6 Å². The highest BCUT2D eigenvalue weighted by atomic mass is 16.5. The molecule has 0 saturated heterocycles. The molecule has 0 aliphatic rings. The number of carbonyl (C=O) groups is 1. The number of H-pyrrole nitrogens is 1. The molecule has 0 bridgehead atoms. The van der Waals surface area contributed by atoms with Crippen LogP contribution in [0.5, 0.6) is 0 Å². The third-order valence-corrected chi connectivity index (χ3v) is 5.12. The first-order chi connectivity index (χ1) is 17.1. The Morgan fingerprint density at radius 2 is 1.77 bits per heavy atom. The van der Waals surface area contributed by atoms with Crippen LogP contribution in [0.2, 0.25) is 0 Å². The zero-order valence-corrected chi connectivity index (χ0v) is 18.9. The Bertz CT molecular complexity index is 1470. The largest absolute Gasteiger partial charge is 0.462 e. The van der Waals surface area contributed by atoms with E-state index in [1.165, 1.54) is 0 Å². The molecule has 172 valence electrons. The number of carbonyl (C=O) groups excluding carboxylic acids is 1. The van der Waals surface area contributed by atoms with Crippen LogP contribution in [0.3, 0.4) is 0 Å². The predicted octanol–water partition coefficient (Wildman–Crippen LogP) is 4.60. The van der Waals surface area contributed by atoms with E-state index in [1.807, 2.05) is 48.5 Å². The van der Waals surface area contributed by atoms with E-state index in [-0.39, 0.29) is 23.2 Å². The first-order valence-electron chi connectivity index (χ1n) is 10.9. The van der Waals surface area contributed by atoms with Gasteiger partial charge in [0.2, 0.25) is 5.95 Å². The van der Waals surface area contributed by atoms with Crippen LogP contribution < -0.4 is 11.0 Å². The number of aromatic nitrogens is 2. The summed E-state index contributed by atoms with van der Waals surface area (Å²) in [5.41, 5.74) is 6.14. The summed E-state index contributed by atoms with van der Waals surface area (Å²) in [6.45, 7) is 2.08. The van der Waals surface area contributed by atoms with Crippen molar-refractivity contribution in [3.05, 3.63) is 106 Å². The number of esters is 1. The highest BCUT2D eigenvalue weighted by Gasteiger charge is 2.13. The molecule has 3 aromatic carbocycles. The van der Waals surface area contributed by atoms with Crippen LogP contribution in [0.1, 0.15) is 28.4 Å². The Hall–Kier alpha value is -5.03. The van der Waals surface area contributed by atoms with Gasteiger partial charge in [-0.3, -0.25) is 9.78 Å². The smallest absolute Gasteiger partial charge is 0.338 e. The van der Waals surface area contributed by atoms with E-state index in [1.54, 1.807) is 49.5 Å². The molecule has 2 N–H and O–H groups in total. The van der Waals surface area contributed by atoms with Crippen molar-refractivity contribution in [1.29, 1.82) is 5.26 Å². The second-order valence-electron chi connectivity index (χ2n) is 7.37. The number of rotatable bonds is 7. The van der Waals surface area contributed by atoms with Gasteiger partial charge in [0, 0.05) is 11.1 Å². The van der Waals surface area contributed by atoms with Gasteiger partial charge in [-0.25, -0.2) is 15.2 Å². The van der Waals surface area contributed by atoms with E-state index >= 15 is 0 Å². The molecule has 4 rings (SSSR count). The quantitative estimate of drug-likeness (QED) is 0.235. The standard InChI is InChI=1S/C27H21N5O3/c1-2-35-26(34)20-14-12-18(13-15-20)22-11-7-6-10-21(22)17-29-32-27-30-24(19-8-4-3-5-9-19)23(16-28)25(33)31-27/h3-15,17H,2H2,1H3,(H2,30,31,32,33). The van der Waals surface area contributed by atoms with E-state index < -0.39 is 5.56 Å². The number of hydrogen-bond donors (Lipinski definition) is 2. The van der Waals surface area contributed by atoms with Crippen molar-refractivity contribution in [3.8, 4) is 28.5 Å². The molecule has 0 fully saturated rings. The first-order valence-corrected chi connectivity index (χ1v) is 10.9. The van der Waals surface area contributed by atoms with Crippen molar-refractivity contribution >= 4 is 18.1 Å². The molecule has 0 radical (unpaired) electrons. The molecular weight excluding hydrogens is 442 g/mol. The van der Waals surface area contributed by atoms with E-state index in [2.05, 4.69) is 20.5 Å². The summed E-state index contributed by atoms with van der Waals surface area (Å²) in [7, 11) is 0. The molecule has 0 aliphatic carbocycles. The highest BCUT2D eigenvalue weighted by molar-refractivity contribution is 5.93. The topological polar surface area (TPSA) is 120 Å². The minimum absolute atomic E-state index is 0.0673. The fraction of sp³-hybridized carbons (Fsp3) is 0.0741. The van der Waals surface area contributed by atoms with Crippen LogP contribution in [0.15, 0.2) is 88.8 Å². The van der Waals surface area contributed by atoms with Gasteiger partial charge in [-0.2, -0.15) is 10.4 Å². The molecular formula is C27H21N5O3. The number of nitriles is 1. The van der Waals surface area contributed by atoms with E-state index in [4.69, 9.17) is 4.74 Å². The van der Waals surface area contributed by atoms with Gasteiger partial charge in [-0.1, -0.05) is 66.7 Å². The maximum absolute atomic E-state index is 12.4. The average Bonchev–Trinajstić information content (AvgIpc) is 2.89. The lowest BCUT2D eigenvalue weighted by molar-refractivity contribution is 0.0526. The zero-order chi connectivity index (χ0) is 24.6. The van der Waals surface area contributed by atoms with Crippen LogP contribution in [-0.2, 0) is 4.74 Å². The van der Waals surface area contributed by atoms with Crippen molar-refractivity contribution in [1.82, 2.24) is 9.97 Å². The summed E-state index contributed by atoms with van der Waals surface area (Å²) >= 11 is 0. The minimum Gasteiger partial charge on any atom is -0.462 e. The van der Waals surface area contributed by atoms with Crippen LogP contribution in [0.25, 0.3) is 22.4 Å². The molecule has 0 spiro atoms. The predicted molar refractivity (Wildman–Crippen MR) is 134 cm³/mol. The number of hydrogen-bond acceptors (Lipinski definition) is 7. The summed E-state index contributed by atoms with van der Waals surface area (Å²) < 4.78 is 5.03. The zero-order valence-electron chi connectivity index (χ0n) is 18.9. The molecule has 0 unspecified atom stereocenters. The van der Waals surface area contributed by atoms with Crippen molar-refractivity contribution in [2.75, 3.05) is 12.0 Å². The highest BCUT2D eigenvalue weighted by Crippen LogP contribution is 2.24. The number of nitrogens with one attached hydrogen (secondary N) is 2. The molecule has 0 atom stereocenters. The summed E-state index contributed by atoms with van der Waals surface area (Å²) in [6, 6.07) is 25.7. The van der Waals surface area contributed by atoms with Gasteiger partial charge < -0.3 is 4.74 Å². The Morgan fingerprint density at radius 3 is 2.49 bits per heavy atom. The molecule has 1 aromatic heterocycles. The molecule has 1 heterocycles. The lowest BCUT2D eigenvalue weighted by Crippen LogP contribution is -2.16. The van der Waals surface area contributed by atoms with Gasteiger partial charge in [0.25, 0.3) is 5.56 Å². The number of ether oxygens (including phenoxy) is 1. The third kappa shape index (κ3) is 5.31. The summed E-state index contributed by atoms with van der Waals surface area (Å²) in [6.07, 6.45) is 1.61. The summed E-state index contributed by atoms with van der Waals surface area (Å²) in [5, 5.41) is 13.6. The van der Waals surface area contributed by atoms with E-state index in [9.17, 15) is 14.9 Å². The average molecular weight is 463 g/mol. The minimum atomic E-state index is -0.554. The van der Waals surface area contributed by atoms with Gasteiger partial charge in [0.15, 0.2) is 0 Å². The molecule has 0 saturated carbocycles. The maximum atomic E-state index is 12.4. The third-order valence-electron chi connectivity index (χ3n) is 5.12. The second kappa shape index (κ2) is 10.7. The molecule has 8 nitrogen and oxygen atoms in total. The van der Waals surface area contributed by atoms with Crippen LogP contribution in [-0.4, -0.2) is 28.8 Å². The van der Waals surface area contributed by atoms with Crippen molar-refractivity contribution < 1.29 is 9.53 Å². The number of hydrazone groups is 1. The lowest BCUT2D eigenvalue weighted by Gasteiger charge is -2.08. The monoisotopic (exact) mass is 463 g/mol. The maximum Gasteiger partial charge on any atom is 0.338 e. The summed E-state index contributed by atoms with van der Waals surface area (Å²) in [4.78, 5) is 31.2. The number of benzene rings is 3. The fourth-order valence-electron chi connectivity index (χ4n) is 3.47. The number of aromatic amines is 1. The molecule has 8 heteroatoms. The lowest BCUT2D eigenvalue weighted by atomic mass is 9.99. The summed E-state index contributed by atoms with van der Waals surface area (Å²) in [5.74, 6) is -0.253. The van der Waals surface area contributed by atoms with Crippen molar-refractivity contribution in [3.63, 3.8) is 0 Å². The normalized spacial score (nSPS) is 10.6. The van der Waals surface area contributed by atoms with Crippen molar-refractivity contribution in [2.24, 2.45) is 5.10 Å².